The minimum absolute atomic E-state index is 0.0686. The number of anilines is 2. The highest BCUT2D eigenvalue weighted by molar-refractivity contribution is 6.14. The first kappa shape index (κ1) is 21.4. The number of Topliss-reactive ketones (excluding diaryl/α,β-unsaturated/α-hetero) is 1. The highest BCUT2D eigenvalue weighted by atomic mass is 16.4. The molecule has 0 saturated heterocycles. The van der Waals surface area contributed by atoms with Crippen LogP contribution in [0.2, 0.25) is 0 Å². The molecule has 0 radical (unpaired) electrons. The van der Waals surface area contributed by atoms with Crippen LogP contribution in [0.15, 0.2) is 59.7 Å². The van der Waals surface area contributed by atoms with Crippen LogP contribution in [0.5, 0.6) is 0 Å². The second-order valence-electron chi connectivity index (χ2n) is 8.08. The third-order valence-electron chi connectivity index (χ3n) is 5.37. The summed E-state index contributed by atoms with van der Waals surface area (Å²) in [6.45, 7) is 0. The van der Waals surface area contributed by atoms with Crippen LogP contribution in [-0.4, -0.2) is 45.0 Å². The van der Waals surface area contributed by atoms with Crippen LogP contribution < -0.4 is 9.80 Å². The molecular weight excluding hydrogens is 376 g/mol. The van der Waals surface area contributed by atoms with Crippen LogP contribution in [0.4, 0.5) is 11.4 Å². The van der Waals surface area contributed by atoms with E-state index in [1.54, 1.807) is 0 Å². The van der Waals surface area contributed by atoms with E-state index in [4.69, 9.17) is 0 Å². The molecule has 0 spiro atoms. The summed E-state index contributed by atoms with van der Waals surface area (Å²) in [5.41, 5.74) is 5.01. The fraction of sp³-hybridized carbons (Fsp3) is 0.280. The fourth-order valence-corrected chi connectivity index (χ4v) is 3.56. The van der Waals surface area contributed by atoms with Crippen molar-refractivity contribution in [3.05, 3.63) is 70.8 Å². The molecule has 1 N–H and O–H groups in total. The van der Waals surface area contributed by atoms with Crippen LogP contribution in [0, 0.1) is 5.92 Å². The van der Waals surface area contributed by atoms with Crippen LogP contribution in [0.3, 0.4) is 0 Å². The largest absolute Gasteiger partial charge is 0.481 e. The number of allylic oxidation sites excluding steroid dienone is 2. The van der Waals surface area contributed by atoms with Crippen LogP contribution >= 0.6 is 0 Å². The van der Waals surface area contributed by atoms with E-state index in [1.165, 1.54) is 0 Å². The van der Waals surface area contributed by atoms with Crippen molar-refractivity contribution in [2.45, 2.75) is 12.8 Å². The fourth-order valence-electron chi connectivity index (χ4n) is 3.56. The van der Waals surface area contributed by atoms with Gasteiger partial charge in [0.25, 0.3) is 0 Å². The summed E-state index contributed by atoms with van der Waals surface area (Å²) in [7, 11) is 7.88. The molecule has 1 aliphatic rings. The van der Waals surface area contributed by atoms with Crippen LogP contribution in [0.1, 0.15) is 24.0 Å². The van der Waals surface area contributed by atoms with Crippen molar-refractivity contribution >= 4 is 35.3 Å². The summed E-state index contributed by atoms with van der Waals surface area (Å²) in [6.07, 6.45) is 4.14. The minimum atomic E-state index is -0.870. The number of nitrogens with zero attached hydrogens (tertiary/aromatic N) is 2. The predicted molar refractivity (Wildman–Crippen MR) is 123 cm³/mol. The Hall–Kier alpha value is -3.34. The lowest BCUT2D eigenvalue weighted by Crippen LogP contribution is -2.25. The highest BCUT2D eigenvalue weighted by Gasteiger charge is 2.31. The number of carboxylic acids is 1. The number of carboxylic acid groups (broad SMARTS) is 1. The van der Waals surface area contributed by atoms with E-state index in [2.05, 4.69) is 0 Å². The summed E-state index contributed by atoms with van der Waals surface area (Å²) in [5, 5.41) is 9.61. The molecule has 1 aliphatic carbocycles. The molecule has 1 fully saturated rings. The maximum atomic E-state index is 13.1. The van der Waals surface area contributed by atoms with Crippen molar-refractivity contribution < 1.29 is 14.7 Å². The number of rotatable bonds is 5. The normalized spacial score (nSPS) is 19.2. The van der Waals surface area contributed by atoms with E-state index in [0.29, 0.717) is 11.1 Å². The van der Waals surface area contributed by atoms with Gasteiger partial charge in [0.15, 0.2) is 5.78 Å². The zero-order valence-electron chi connectivity index (χ0n) is 17.9. The second-order valence-corrected chi connectivity index (χ2v) is 8.08. The van der Waals surface area contributed by atoms with E-state index >= 15 is 0 Å². The highest BCUT2D eigenvalue weighted by Crippen LogP contribution is 2.33. The van der Waals surface area contributed by atoms with Gasteiger partial charge in [0.2, 0.25) is 0 Å². The molecule has 5 nitrogen and oxygen atoms in total. The number of aliphatic carboxylic acids is 1. The first-order valence-corrected chi connectivity index (χ1v) is 9.98. The summed E-state index contributed by atoms with van der Waals surface area (Å²) < 4.78 is 0. The number of hydrogen-bond donors (Lipinski definition) is 1. The van der Waals surface area contributed by atoms with E-state index < -0.39 is 11.9 Å². The van der Waals surface area contributed by atoms with Gasteiger partial charge in [0, 0.05) is 50.7 Å². The van der Waals surface area contributed by atoms with E-state index in [1.807, 2.05) is 98.7 Å². The molecule has 30 heavy (non-hydrogen) atoms. The first-order valence-electron chi connectivity index (χ1n) is 9.98. The van der Waals surface area contributed by atoms with Gasteiger partial charge < -0.3 is 14.9 Å². The average Bonchev–Trinajstić information content (AvgIpc) is 2.71. The van der Waals surface area contributed by atoms with Gasteiger partial charge in [-0.25, -0.2) is 0 Å². The average molecular weight is 405 g/mol. The molecule has 2 aromatic rings. The Kier molecular flexibility index (Phi) is 6.40. The molecule has 0 bridgehead atoms. The molecule has 2 aromatic carbocycles. The van der Waals surface area contributed by atoms with Gasteiger partial charge in [-0.15, -0.1) is 0 Å². The van der Waals surface area contributed by atoms with E-state index in [-0.39, 0.29) is 18.6 Å². The topological polar surface area (TPSA) is 60.9 Å². The minimum Gasteiger partial charge on any atom is -0.481 e. The molecule has 156 valence electrons. The quantitative estimate of drug-likeness (QED) is 0.751. The van der Waals surface area contributed by atoms with Gasteiger partial charge >= 0.3 is 5.97 Å². The Bertz CT molecular complexity index is 911. The van der Waals surface area contributed by atoms with Crippen molar-refractivity contribution in [2.75, 3.05) is 38.0 Å². The Morgan fingerprint density at radius 2 is 1.17 bits per heavy atom. The zero-order valence-corrected chi connectivity index (χ0v) is 17.9. The molecule has 5 heteroatoms. The van der Waals surface area contributed by atoms with Crippen molar-refractivity contribution in [1.29, 1.82) is 0 Å². The van der Waals surface area contributed by atoms with Crippen LogP contribution in [0.25, 0.3) is 12.2 Å². The lowest BCUT2D eigenvalue weighted by atomic mass is 9.80. The second kappa shape index (κ2) is 8.99. The third-order valence-corrected chi connectivity index (χ3v) is 5.37. The Morgan fingerprint density at radius 3 is 1.47 bits per heavy atom. The predicted octanol–water partition coefficient (Wildman–Crippen LogP) is 4.35. The number of hydrogen-bond acceptors (Lipinski definition) is 4. The number of carbonyl (C=O) groups excluding carboxylic acids is 1. The van der Waals surface area contributed by atoms with E-state index in [0.717, 1.165) is 22.5 Å². The van der Waals surface area contributed by atoms with Crippen molar-refractivity contribution in [3.63, 3.8) is 0 Å². The standard InChI is InChI=1S/C25H28N2O3/c1-26(2)22-9-5-17(6-10-22)13-19-15-21(25(29)30)16-20(24(19)28)14-18-7-11-23(12-8-18)27(3)4/h5-14,21H,15-16H2,1-4H3,(H,29,30)/b19-13-,20-14+. The Balaban J connectivity index is 1.92. The van der Waals surface area contributed by atoms with Gasteiger partial charge in [-0.05, 0) is 60.4 Å². The lowest BCUT2D eigenvalue weighted by molar-refractivity contribution is -0.142. The molecule has 3 rings (SSSR count). The zero-order chi connectivity index (χ0) is 21.8. The van der Waals surface area contributed by atoms with Crippen molar-refractivity contribution in [1.82, 2.24) is 0 Å². The summed E-state index contributed by atoms with van der Waals surface area (Å²) in [5.74, 6) is -1.53. The smallest absolute Gasteiger partial charge is 0.307 e. The molecule has 0 aromatic heterocycles. The monoisotopic (exact) mass is 404 g/mol. The van der Waals surface area contributed by atoms with Crippen LogP contribution in [-0.2, 0) is 9.59 Å². The van der Waals surface area contributed by atoms with E-state index in [9.17, 15) is 14.7 Å². The van der Waals surface area contributed by atoms with Gasteiger partial charge in [-0.1, -0.05) is 24.3 Å². The molecular formula is C25H28N2O3. The molecule has 0 heterocycles. The number of benzene rings is 2. The van der Waals surface area contributed by atoms with Gasteiger partial charge in [-0.3, -0.25) is 9.59 Å². The van der Waals surface area contributed by atoms with Crippen molar-refractivity contribution in [2.24, 2.45) is 5.92 Å². The molecule has 0 amide bonds. The maximum Gasteiger partial charge on any atom is 0.307 e. The summed E-state index contributed by atoms with van der Waals surface area (Å²) in [4.78, 5) is 28.8. The Labute approximate surface area is 177 Å². The number of ketones is 1. The Morgan fingerprint density at radius 1 is 0.800 bits per heavy atom. The molecule has 1 unspecified atom stereocenters. The molecule has 1 saturated carbocycles. The van der Waals surface area contributed by atoms with Gasteiger partial charge in [-0.2, -0.15) is 0 Å². The summed E-state index contributed by atoms with van der Waals surface area (Å²) >= 11 is 0. The number of carbonyl (C=O) groups is 2. The van der Waals surface area contributed by atoms with Gasteiger partial charge in [0.05, 0.1) is 5.92 Å². The summed E-state index contributed by atoms with van der Waals surface area (Å²) in [6, 6.07) is 15.7. The molecule has 0 aliphatic heterocycles. The van der Waals surface area contributed by atoms with Gasteiger partial charge in [0.1, 0.15) is 0 Å². The molecule has 1 atom stereocenters. The lowest BCUT2D eigenvalue weighted by Gasteiger charge is -2.23. The SMILES string of the molecule is CN(C)c1ccc(/C=C2/CC(C(=O)O)C/C(=C\c3ccc(N(C)C)cc3)C2=O)cc1. The first-order chi connectivity index (χ1) is 14.2. The third kappa shape index (κ3) is 4.98. The van der Waals surface area contributed by atoms with Crippen molar-refractivity contribution in [3.8, 4) is 0 Å². The maximum absolute atomic E-state index is 13.1.